The Morgan fingerprint density at radius 2 is 1.48 bits per heavy atom. The summed E-state index contributed by atoms with van der Waals surface area (Å²) in [6.45, 7) is 1.48. The van der Waals surface area contributed by atoms with Crippen molar-refractivity contribution in [3.05, 3.63) is 94.0 Å². The Bertz CT molecular complexity index is 1180. The monoisotopic (exact) mass is 506 g/mol. The van der Waals surface area contributed by atoms with Crippen LogP contribution in [0.25, 0.3) is 0 Å². The molecule has 0 radical (unpaired) electrons. The van der Waals surface area contributed by atoms with Crippen molar-refractivity contribution in [1.29, 1.82) is 0 Å². The molecular formula is C24H24Cl2N2O4S. The molecule has 1 amide bonds. The molecule has 1 atom stereocenters. The fraction of sp³-hybridized carbons (Fsp3) is 0.208. The Morgan fingerprint density at radius 1 is 0.939 bits per heavy atom. The summed E-state index contributed by atoms with van der Waals surface area (Å²) >= 11 is 11.9. The highest BCUT2D eigenvalue weighted by molar-refractivity contribution is 7.89. The normalized spacial score (nSPS) is 12.4. The fourth-order valence-electron chi connectivity index (χ4n) is 3.20. The van der Waals surface area contributed by atoms with E-state index in [-0.39, 0.29) is 24.0 Å². The van der Waals surface area contributed by atoms with Gasteiger partial charge in [0.15, 0.2) is 0 Å². The van der Waals surface area contributed by atoms with E-state index in [0.29, 0.717) is 21.4 Å². The smallest absolute Gasteiger partial charge is 0.243 e. The predicted octanol–water partition coefficient (Wildman–Crippen LogP) is 5.07. The van der Waals surface area contributed by atoms with Gasteiger partial charge in [0.05, 0.1) is 24.6 Å². The molecule has 174 valence electrons. The van der Waals surface area contributed by atoms with Gasteiger partial charge in [-0.05, 0) is 66.6 Å². The summed E-state index contributed by atoms with van der Waals surface area (Å²) in [7, 11) is -2.39. The van der Waals surface area contributed by atoms with E-state index in [1.54, 1.807) is 43.5 Å². The largest absolute Gasteiger partial charge is 0.497 e. The minimum absolute atomic E-state index is 0.00641. The van der Waals surface area contributed by atoms with Gasteiger partial charge in [-0.25, -0.2) is 8.42 Å². The van der Waals surface area contributed by atoms with E-state index in [2.05, 4.69) is 5.32 Å². The Balaban J connectivity index is 1.81. The van der Waals surface area contributed by atoms with Crippen LogP contribution in [0.2, 0.25) is 10.0 Å². The van der Waals surface area contributed by atoms with Gasteiger partial charge in [0, 0.05) is 16.6 Å². The fourth-order valence-corrected chi connectivity index (χ4v) is 4.83. The first-order chi connectivity index (χ1) is 15.7. The van der Waals surface area contributed by atoms with Crippen molar-refractivity contribution in [3.8, 4) is 5.75 Å². The molecule has 0 aliphatic heterocycles. The third-order valence-corrected chi connectivity index (χ3v) is 7.35. The van der Waals surface area contributed by atoms with Crippen molar-refractivity contribution >= 4 is 39.1 Å². The molecule has 6 nitrogen and oxygen atoms in total. The Kier molecular flexibility index (Phi) is 8.37. The van der Waals surface area contributed by atoms with Crippen LogP contribution in [0, 0.1) is 0 Å². The minimum atomic E-state index is -3.97. The van der Waals surface area contributed by atoms with Crippen LogP contribution in [0.4, 0.5) is 0 Å². The number of hydrogen-bond acceptors (Lipinski definition) is 4. The van der Waals surface area contributed by atoms with Gasteiger partial charge in [0.25, 0.3) is 0 Å². The van der Waals surface area contributed by atoms with Gasteiger partial charge in [-0.15, -0.1) is 0 Å². The average Bonchev–Trinajstić information content (AvgIpc) is 2.80. The topological polar surface area (TPSA) is 75.7 Å². The highest BCUT2D eigenvalue weighted by atomic mass is 35.5. The number of amides is 1. The second kappa shape index (κ2) is 11.0. The van der Waals surface area contributed by atoms with Gasteiger partial charge in [-0.3, -0.25) is 4.79 Å². The van der Waals surface area contributed by atoms with Crippen molar-refractivity contribution in [1.82, 2.24) is 9.62 Å². The number of ether oxygens (including phenoxy) is 1. The molecule has 0 unspecified atom stereocenters. The molecule has 0 aliphatic carbocycles. The van der Waals surface area contributed by atoms with Crippen LogP contribution in [-0.2, 0) is 21.4 Å². The van der Waals surface area contributed by atoms with Gasteiger partial charge in [-0.2, -0.15) is 4.31 Å². The first-order valence-corrected chi connectivity index (χ1v) is 12.3. The molecular weight excluding hydrogens is 483 g/mol. The molecule has 1 N–H and O–H groups in total. The number of rotatable bonds is 9. The first-order valence-electron chi connectivity index (χ1n) is 10.1. The highest BCUT2D eigenvalue weighted by Gasteiger charge is 2.27. The second-order valence-corrected chi connectivity index (χ2v) is 10.2. The Hall–Kier alpha value is -2.58. The van der Waals surface area contributed by atoms with Crippen LogP contribution in [0.3, 0.4) is 0 Å². The Morgan fingerprint density at radius 3 is 2.03 bits per heavy atom. The number of hydrogen-bond donors (Lipinski definition) is 1. The van der Waals surface area contributed by atoms with Crippen molar-refractivity contribution in [3.63, 3.8) is 0 Å². The van der Waals surface area contributed by atoms with E-state index in [4.69, 9.17) is 27.9 Å². The lowest BCUT2D eigenvalue weighted by atomic mass is 10.1. The quantitative estimate of drug-likeness (QED) is 0.439. The third kappa shape index (κ3) is 6.71. The number of halogens is 2. The van der Waals surface area contributed by atoms with Crippen LogP contribution < -0.4 is 10.1 Å². The van der Waals surface area contributed by atoms with Gasteiger partial charge in [-0.1, -0.05) is 47.5 Å². The molecule has 3 rings (SSSR count). The predicted molar refractivity (Wildman–Crippen MR) is 130 cm³/mol. The summed E-state index contributed by atoms with van der Waals surface area (Å²) in [5, 5.41) is 3.82. The SMILES string of the molecule is COc1ccc([C@H](C)NC(=O)CN(Cc2ccc(Cl)cc2)S(=O)(=O)c2ccc(Cl)cc2)cc1. The van der Waals surface area contributed by atoms with Crippen LogP contribution >= 0.6 is 23.2 Å². The third-order valence-electron chi connectivity index (χ3n) is 5.04. The lowest BCUT2D eigenvalue weighted by Crippen LogP contribution is -2.41. The maximum atomic E-state index is 13.3. The van der Waals surface area contributed by atoms with E-state index >= 15 is 0 Å². The molecule has 3 aromatic carbocycles. The summed E-state index contributed by atoms with van der Waals surface area (Å²) in [5.74, 6) is 0.283. The maximum absolute atomic E-state index is 13.3. The number of carbonyl (C=O) groups excluding carboxylic acids is 1. The number of carbonyl (C=O) groups is 1. The summed E-state index contributed by atoms with van der Waals surface area (Å²) < 4.78 is 33.0. The van der Waals surface area contributed by atoms with Gasteiger partial charge < -0.3 is 10.1 Å². The molecule has 0 spiro atoms. The van der Waals surface area contributed by atoms with E-state index < -0.39 is 15.9 Å². The summed E-state index contributed by atoms with van der Waals surface area (Å²) in [6.07, 6.45) is 0. The Labute approximate surface area is 204 Å². The molecule has 0 fully saturated rings. The molecule has 0 saturated heterocycles. The molecule has 33 heavy (non-hydrogen) atoms. The van der Waals surface area contributed by atoms with Gasteiger partial charge in [0.1, 0.15) is 5.75 Å². The molecule has 0 heterocycles. The van der Waals surface area contributed by atoms with Crippen LogP contribution in [0.5, 0.6) is 5.75 Å². The van der Waals surface area contributed by atoms with E-state index in [1.165, 1.54) is 24.3 Å². The number of benzene rings is 3. The zero-order valence-corrected chi connectivity index (χ0v) is 20.5. The van der Waals surface area contributed by atoms with E-state index in [0.717, 1.165) is 9.87 Å². The standard InChI is InChI=1S/C24H24Cl2N2O4S/c1-17(19-5-11-22(32-2)12-6-19)27-24(29)16-28(15-18-3-7-20(25)8-4-18)33(30,31)23-13-9-21(26)10-14-23/h3-14,17H,15-16H2,1-2H3,(H,27,29)/t17-/m0/s1. The number of nitrogens with zero attached hydrogens (tertiary/aromatic N) is 1. The zero-order chi connectivity index (χ0) is 24.0. The minimum Gasteiger partial charge on any atom is -0.497 e. The number of nitrogens with one attached hydrogen (secondary N) is 1. The van der Waals surface area contributed by atoms with Crippen LogP contribution in [0.15, 0.2) is 77.7 Å². The van der Waals surface area contributed by atoms with E-state index in [9.17, 15) is 13.2 Å². The molecule has 0 aromatic heterocycles. The van der Waals surface area contributed by atoms with Crippen molar-refractivity contribution in [2.45, 2.75) is 24.4 Å². The average molecular weight is 507 g/mol. The molecule has 0 aliphatic rings. The summed E-state index contributed by atoms with van der Waals surface area (Å²) in [5.41, 5.74) is 1.57. The summed E-state index contributed by atoms with van der Waals surface area (Å²) in [6, 6.07) is 19.6. The van der Waals surface area contributed by atoms with Crippen molar-refractivity contribution in [2.24, 2.45) is 0 Å². The van der Waals surface area contributed by atoms with Gasteiger partial charge in [0.2, 0.25) is 15.9 Å². The molecule has 9 heteroatoms. The van der Waals surface area contributed by atoms with Crippen LogP contribution in [0.1, 0.15) is 24.1 Å². The molecule has 0 saturated carbocycles. The highest BCUT2D eigenvalue weighted by Crippen LogP contribution is 2.22. The van der Waals surface area contributed by atoms with Crippen molar-refractivity contribution in [2.75, 3.05) is 13.7 Å². The lowest BCUT2D eigenvalue weighted by Gasteiger charge is -2.23. The zero-order valence-electron chi connectivity index (χ0n) is 18.2. The number of methoxy groups -OCH3 is 1. The van der Waals surface area contributed by atoms with Crippen LogP contribution in [-0.4, -0.2) is 32.3 Å². The summed E-state index contributed by atoms with van der Waals surface area (Å²) in [4.78, 5) is 12.9. The number of sulfonamides is 1. The lowest BCUT2D eigenvalue weighted by molar-refractivity contribution is -0.122. The van der Waals surface area contributed by atoms with E-state index in [1.807, 2.05) is 19.1 Å². The van der Waals surface area contributed by atoms with Gasteiger partial charge >= 0.3 is 0 Å². The van der Waals surface area contributed by atoms with Crippen molar-refractivity contribution < 1.29 is 17.9 Å². The molecule has 0 bridgehead atoms. The maximum Gasteiger partial charge on any atom is 0.243 e. The second-order valence-electron chi connectivity index (χ2n) is 7.42. The first kappa shape index (κ1) is 25.1. The molecule has 3 aromatic rings.